The van der Waals surface area contributed by atoms with Crippen LogP contribution in [0.4, 0.5) is 0 Å². The molecule has 4 heteroatoms. The highest BCUT2D eigenvalue weighted by Gasteiger charge is 1.98. The van der Waals surface area contributed by atoms with Crippen LogP contribution in [-0.4, -0.2) is 17.1 Å². The Morgan fingerprint density at radius 3 is 2.80 bits per heavy atom. The molecule has 10 heavy (non-hydrogen) atoms. The van der Waals surface area contributed by atoms with Crippen molar-refractivity contribution in [2.45, 2.75) is 6.92 Å². The highest BCUT2D eigenvalue weighted by Crippen LogP contribution is 2.13. The van der Waals surface area contributed by atoms with Crippen LogP contribution >= 0.6 is 15.9 Å². The zero-order chi connectivity index (χ0) is 7.56. The van der Waals surface area contributed by atoms with E-state index in [1.165, 1.54) is 7.11 Å². The van der Waals surface area contributed by atoms with E-state index in [0.29, 0.717) is 6.01 Å². The summed E-state index contributed by atoms with van der Waals surface area (Å²) in [6, 6.07) is 0.387. The third-order valence-corrected chi connectivity index (χ3v) is 1.87. The Balaban J connectivity index is 3.04. The van der Waals surface area contributed by atoms with Gasteiger partial charge >= 0.3 is 6.01 Å². The molecular formula is C6H7BrN2O. The molecule has 0 atom stereocenters. The fourth-order valence-corrected chi connectivity index (χ4v) is 0.759. The fraction of sp³-hybridized carbons (Fsp3) is 0.333. The number of methoxy groups -OCH3 is 1. The molecule has 0 saturated heterocycles. The van der Waals surface area contributed by atoms with E-state index in [1.807, 2.05) is 6.92 Å². The Bertz CT molecular complexity index is 239. The first kappa shape index (κ1) is 7.47. The van der Waals surface area contributed by atoms with Crippen molar-refractivity contribution in [3.63, 3.8) is 0 Å². The van der Waals surface area contributed by atoms with Crippen molar-refractivity contribution in [1.82, 2.24) is 9.97 Å². The number of aryl methyl sites for hydroxylation is 1. The van der Waals surface area contributed by atoms with Crippen LogP contribution in [0.15, 0.2) is 10.8 Å². The summed E-state index contributed by atoms with van der Waals surface area (Å²) < 4.78 is 5.57. The average molecular weight is 203 g/mol. The summed E-state index contributed by atoms with van der Waals surface area (Å²) in [7, 11) is 1.54. The number of ether oxygens (including phenoxy) is 1. The first-order chi connectivity index (χ1) is 4.74. The Hall–Kier alpha value is -0.640. The SMILES string of the molecule is COc1ncc(C)c(Br)n1. The molecule has 3 nitrogen and oxygen atoms in total. The van der Waals surface area contributed by atoms with Gasteiger partial charge in [-0.2, -0.15) is 4.98 Å². The van der Waals surface area contributed by atoms with Crippen molar-refractivity contribution in [2.24, 2.45) is 0 Å². The van der Waals surface area contributed by atoms with Gasteiger partial charge in [-0.1, -0.05) is 0 Å². The van der Waals surface area contributed by atoms with Crippen LogP contribution in [0.25, 0.3) is 0 Å². The van der Waals surface area contributed by atoms with Crippen LogP contribution in [0.1, 0.15) is 5.56 Å². The molecule has 0 N–H and O–H groups in total. The standard InChI is InChI=1S/C6H7BrN2O/c1-4-3-8-6(10-2)9-5(4)7/h3H,1-2H3. The summed E-state index contributed by atoms with van der Waals surface area (Å²) in [5.41, 5.74) is 1.00. The average Bonchev–Trinajstić information content (AvgIpc) is 1.95. The molecule has 0 unspecified atom stereocenters. The third kappa shape index (κ3) is 1.44. The molecule has 0 fully saturated rings. The minimum atomic E-state index is 0.387. The largest absolute Gasteiger partial charge is 0.467 e. The maximum Gasteiger partial charge on any atom is 0.317 e. The van der Waals surface area contributed by atoms with Gasteiger partial charge in [0.1, 0.15) is 4.60 Å². The van der Waals surface area contributed by atoms with E-state index in [4.69, 9.17) is 4.74 Å². The molecule has 1 heterocycles. The van der Waals surface area contributed by atoms with Crippen LogP contribution in [0.5, 0.6) is 6.01 Å². The maximum absolute atomic E-state index is 4.80. The van der Waals surface area contributed by atoms with Crippen molar-refractivity contribution in [1.29, 1.82) is 0 Å². The molecule has 1 rings (SSSR count). The third-order valence-electron chi connectivity index (χ3n) is 1.07. The molecular weight excluding hydrogens is 196 g/mol. The summed E-state index contributed by atoms with van der Waals surface area (Å²) in [4.78, 5) is 7.87. The molecule has 54 valence electrons. The number of rotatable bonds is 1. The molecule has 0 aliphatic carbocycles. The number of hydrogen-bond acceptors (Lipinski definition) is 3. The van der Waals surface area contributed by atoms with Crippen molar-refractivity contribution < 1.29 is 4.74 Å². The summed E-state index contributed by atoms with van der Waals surface area (Å²) in [5, 5.41) is 0. The molecule has 1 aromatic heterocycles. The van der Waals surface area contributed by atoms with E-state index in [-0.39, 0.29) is 0 Å². The van der Waals surface area contributed by atoms with Crippen LogP contribution in [0, 0.1) is 6.92 Å². The van der Waals surface area contributed by atoms with E-state index in [0.717, 1.165) is 10.2 Å². The lowest BCUT2D eigenvalue weighted by Gasteiger charge is -1.98. The molecule has 0 saturated carbocycles. The first-order valence-electron chi connectivity index (χ1n) is 2.77. The minimum Gasteiger partial charge on any atom is -0.467 e. The zero-order valence-electron chi connectivity index (χ0n) is 5.76. The highest BCUT2D eigenvalue weighted by atomic mass is 79.9. The van der Waals surface area contributed by atoms with E-state index >= 15 is 0 Å². The van der Waals surface area contributed by atoms with Gasteiger partial charge in [-0.05, 0) is 22.9 Å². The lowest BCUT2D eigenvalue weighted by atomic mass is 10.4. The number of nitrogens with zero attached hydrogens (tertiary/aromatic N) is 2. The lowest BCUT2D eigenvalue weighted by Crippen LogP contribution is -1.92. The molecule has 0 spiro atoms. The quantitative estimate of drug-likeness (QED) is 0.649. The van der Waals surface area contributed by atoms with Crippen molar-refractivity contribution >= 4 is 15.9 Å². The van der Waals surface area contributed by atoms with Gasteiger partial charge in [0.25, 0.3) is 0 Å². The molecule has 0 bridgehead atoms. The van der Waals surface area contributed by atoms with Crippen LogP contribution in [-0.2, 0) is 0 Å². The smallest absolute Gasteiger partial charge is 0.317 e. The fourth-order valence-electron chi connectivity index (χ4n) is 0.505. The maximum atomic E-state index is 4.80. The second kappa shape index (κ2) is 2.96. The highest BCUT2D eigenvalue weighted by molar-refractivity contribution is 9.10. The number of aromatic nitrogens is 2. The second-order valence-corrected chi connectivity index (χ2v) is 2.58. The molecule has 0 radical (unpaired) electrons. The van der Waals surface area contributed by atoms with Crippen molar-refractivity contribution in [2.75, 3.05) is 7.11 Å². The van der Waals surface area contributed by atoms with Gasteiger partial charge in [0.05, 0.1) is 7.11 Å². The van der Waals surface area contributed by atoms with Crippen LogP contribution in [0.3, 0.4) is 0 Å². The topological polar surface area (TPSA) is 35.0 Å². The normalized spacial score (nSPS) is 9.50. The predicted molar refractivity (Wildman–Crippen MR) is 41.0 cm³/mol. The van der Waals surface area contributed by atoms with Gasteiger partial charge in [-0.3, -0.25) is 0 Å². The van der Waals surface area contributed by atoms with Gasteiger partial charge in [-0.25, -0.2) is 4.98 Å². The van der Waals surface area contributed by atoms with Gasteiger partial charge in [0, 0.05) is 11.8 Å². The van der Waals surface area contributed by atoms with Crippen LogP contribution in [0.2, 0.25) is 0 Å². The van der Waals surface area contributed by atoms with Crippen LogP contribution < -0.4 is 4.74 Å². The molecule has 1 aromatic rings. The van der Waals surface area contributed by atoms with E-state index in [9.17, 15) is 0 Å². The predicted octanol–water partition coefficient (Wildman–Crippen LogP) is 1.56. The molecule has 0 amide bonds. The van der Waals surface area contributed by atoms with Crippen molar-refractivity contribution in [3.05, 3.63) is 16.4 Å². The van der Waals surface area contributed by atoms with Gasteiger partial charge < -0.3 is 4.74 Å². The van der Waals surface area contributed by atoms with E-state index < -0.39 is 0 Å². The van der Waals surface area contributed by atoms with E-state index in [1.54, 1.807) is 6.20 Å². The second-order valence-electron chi connectivity index (χ2n) is 1.83. The molecule has 0 aliphatic rings. The Kier molecular flexibility index (Phi) is 2.21. The Morgan fingerprint density at radius 1 is 1.60 bits per heavy atom. The Labute approximate surface area is 67.6 Å². The summed E-state index contributed by atoms with van der Waals surface area (Å²) >= 11 is 3.26. The molecule has 0 aromatic carbocycles. The van der Waals surface area contributed by atoms with Gasteiger partial charge in [0.2, 0.25) is 0 Å². The monoisotopic (exact) mass is 202 g/mol. The Morgan fingerprint density at radius 2 is 2.30 bits per heavy atom. The van der Waals surface area contributed by atoms with Gasteiger partial charge in [-0.15, -0.1) is 0 Å². The number of hydrogen-bond donors (Lipinski definition) is 0. The van der Waals surface area contributed by atoms with Crippen molar-refractivity contribution in [3.8, 4) is 6.01 Å². The minimum absolute atomic E-state index is 0.387. The summed E-state index contributed by atoms with van der Waals surface area (Å²) in [6.45, 7) is 1.92. The van der Waals surface area contributed by atoms with E-state index in [2.05, 4.69) is 25.9 Å². The zero-order valence-corrected chi connectivity index (χ0v) is 7.34. The molecule has 0 aliphatic heterocycles. The first-order valence-corrected chi connectivity index (χ1v) is 3.56. The lowest BCUT2D eigenvalue weighted by molar-refractivity contribution is 0.378. The summed E-state index contributed by atoms with van der Waals surface area (Å²) in [6.07, 6.45) is 1.70. The summed E-state index contributed by atoms with van der Waals surface area (Å²) in [5.74, 6) is 0. The number of halogens is 1. The van der Waals surface area contributed by atoms with Gasteiger partial charge in [0.15, 0.2) is 0 Å².